The number of aromatic nitrogens is 1. The first-order valence-corrected chi connectivity index (χ1v) is 7.52. The standard InChI is InChI=1S/C16H26N4O/c1-11-5-6-13(14(17)19-21)15(18-11)20(4)12-7-9-16(2,3)10-8-12/h5-6,12,21H,7-10H2,1-4H3,(H2,17,19). The highest BCUT2D eigenvalue weighted by Gasteiger charge is 2.30. The largest absolute Gasteiger partial charge is 0.409 e. The lowest BCUT2D eigenvalue weighted by molar-refractivity contribution is 0.222. The average molecular weight is 290 g/mol. The Kier molecular flexibility index (Phi) is 4.40. The highest BCUT2D eigenvalue weighted by Crippen LogP contribution is 2.37. The van der Waals surface area contributed by atoms with Crippen LogP contribution < -0.4 is 10.6 Å². The molecule has 21 heavy (non-hydrogen) atoms. The van der Waals surface area contributed by atoms with E-state index in [0.717, 1.165) is 24.4 Å². The lowest BCUT2D eigenvalue weighted by Crippen LogP contribution is -2.38. The monoisotopic (exact) mass is 290 g/mol. The van der Waals surface area contributed by atoms with Crippen LogP contribution in [0.5, 0.6) is 0 Å². The maximum Gasteiger partial charge on any atom is 0.173 e. The van der Waals surface area contributed by atoms with E-state index in [9.17, 15) is 0 Å². The van der Waals surface area contributed by atoms with Crippen LogP contribution >= 0.6 is 0 Å². The fourth-order valence-electron chi connectivity index (χ4n) is 3.01. The SMILES string of the molecule is Cc1ccc(/C(N)=N/O)c(N(C)C2CCC(C)(C)CC2)n1. The number of pyridine rings is 1. The van der Waals surface area contributed by atoms with E-state index >= 15 is 0 Å². The van der Waals surface area contributed by atoms with Crippen LogP contribution in [0.25, 0.3) is 0 Å². The summed E-state index contributed by atoms with van der Waals surface area (Å²) in [6.45, 7) is 6.61. The molecule has 0 aromatic carbocycles. The van der Waals surface area contributed by atoms with E-state index in [1.165, 1.54) is 12.8 Å². The number of anilines is 1. The molecular formula is C16H26N4O. The predicted octanol–water partition coefficient (Wildman–Crippen LogP) is 2.89. The topological polar surface area (TPSA) is 74.7 Å². The van der Waals surface area contributed by atoms with Crippen molar-refractivity contribution in [3.05, 3.63) is 23.4 Å². The van der Waals surface area contributed by atoms with E-state index in [1.807, 2.05) is 19.1 Å². The minimum absolute atomic E-state index is 0.112. The minimum atomic E-state index is 0.112. The van der Waals surface area contributed by atoms with Gasteiger partial charge in [0.2, 0.25) is 0 Å². The van der Waals surface area contributed by atoms with Crippen LogP contribution in [0.2, 0.25) is 0 Å². The van der Waals surface area contributed by atoms with Crippen molar-refractivity contribution in [1.29, 1.82) is 0 Å². The van der Waals surface area contributed by atoms with Crippen LogP contribution in [0, 0.1) is 12.3 Å². The Morgan fingerprint density at radius 3 is 2.57 bits per heavy atom. The Labute approximate surface area is 126 Å². The summed E-state index contributed by atoms with van der Waals surface area (Å²) >= 11 is 0. The van der Waals surface area contributed by atoms with Gasteiger partial charge < -0.3 is 15.8 Å². The predicted molar refractivity (Wildman–Crippen MR) is 85.9 cm³/mol. The third kappa shape index (κ3) is 3.46. The van der Waals surface area contributed by atoms with E-state index in [0.29, 0.717) is 17.0 Å². The summed E-state index contributed by atoms with van der Waals surface area (Å²) in [5.41, 5.74) is 7.85. The van der Waals surface area contributed by atoms with Gasteiger partial charge in [-0.2, -0.15) is 0 Å². The number of nitrogens with zero attached hydrogens (tertiary/aromatic N) is 3. The van der Waals surface area contributed by atoms with E-state index < -0.39 is 0 Å². The van der Waals surface area contributed by atoms with Gasteiger partial charge in [0.05, 0.1) is 5.56 Å². The number of amidine groups is 1. The molecule has 5 nitrogen and oxygen atoms in total. The molecule has 0 aliphatic heterocycles. The molecule has 0 unspecified atom stereocenters. The number of hydrogen-bond donors (Lipinski definition) is 2. The zero-order valence-electron chi connectivity index (χ0n) is 13.4. The van der Waals surface area contributed by atoms with Gasteiger partial charge >= 0.3 is 0 Å². The van der Waals surface area contributed by atoms with Crippen molar-refractivity contribution in [3.63, 3.8) is 0 Å². The van der Waals surface area contributed by atoms with Crippen molar-refractivity contribution in [2.45, 2.75) is 52.5 Å². The molecule has 1 saturated carbocycles. The van der Waals surface area contributed by atoms with Gasteiger partial charge in [-0.1, -0.05) is 19.0 Å². The number of aryl methyl sites for hydroxylation is 1. The van der Waals surface area contributed by atoms with E-state index in [-0.39, 0.29) is 5.84 Å². The molecule has 0 amide bonds. The third-order valence-corrected chi connectivity index (χ3v) is 4.59. The van der Waals surface area contributed by atoms with E-state index in [1.54, 1.807) is 0 Å². The lowest BCUT2D eigenvalue weighted by Gasteiger charge is -2.39. The fourth-order valence-corrected chi connectivity index (χ4v) is 3.01. The van der Waals surface area contributed by atoms with Crippen molar-refractivity contribution in [2.75, 3.05) is 11.9 Å². The Morgan fingerprint density at radius 2 is 2.00 bits per heavy atom. The van der Waals surface area contributed by atoms with E-state index in [2.05, 4.69) is 35.9 Å². The highest BCUT2D eigenvalue weighted by atomic mass is 16.4. The summed E-state index contributed by atoms with van der Waals surface area (Å²) in [7, 11) is 2.05. The Bertz CT molecular complexity index is 529. The molecule has 0 bridgehead atoms. The molecule has 5 heteroatoms. The Balaban J connectivity index is 2.27. The van der Waals surface area contributed by atoms with Crippen LogP contribution in [0.15, 0.2) is 17.3 Å². The molecule has 0 saturated heterocycles. The second kappa shape index (κ2) is 5.92. The normalized spacial score (nSPS) is 19.5. The van der Waals surface area contributed by atoms with E-state index in [4.69, 9.17) is 10.9 Å². The van der Waals surface area contributed by atoms with Crippen LogP contribution in [-0.2, 0) is 0 Å². The molecule has 2 rings (SSSR count). The number of hydrogen-bond acceptors (Lipinski definition) is 4. The molecule has 116 valence electrons. The second-order valence-corrected chi connectivity index (χ2v) is 6.82. The first-order valence-electron chi connectivity index (χ1n) is 7.52. The van der Waals surface area contributed by atoms with Gasteiger partial charge in [0, 0.05) is 18.8 Å². The van der Waals surface area contributed by atoms with Gasteiger partial charge in [-0.15, -0.1) is 0 Å². The number of oxime groups is 1. The van der Waals surface area contributed by atoms with Crippen molar-refractivity contribution < 1.29 is 5.21 Å². The molecule has 1 aromatic heterocycles. The van der Waals surface area contributed by atoms with Crippen LogP contribution in [-0.4, -0.2) is 29.1 Å². The minimum Gasteiger partial charge on any atom is -0.409 e. The summed E-state index contributed by atoms with van der Waals surface area (Å²) < 4.78 is 0. The summed E-state index contributed by atoms with van der Waals surface area (Å²) in [6.07, 6.45) is 4.73. The Hall–Kier alpha value is -1.78. The maximum atomic E-state index is 8.96. The maximum absolute atomic E-state index is 8.96. The summed E-state index contributed by atoms with van der Waals surface area (Å²) in [5.74, 6) is 0.912. The molecule has 1 heterocycles. The summed E-state index contributed by atoms with van der Waals surface area (Å²) in [6, 6.07) is 4.21. The van der Waals surface area contributed by atoms with Crippen LogP contribution in [0.3, 0.4) is 0 Å². The number of rotatable bonds is 3. The van der Waals surface area contributed by atoms with Gasteiger partial charge in [0.15, 0.2) is 5.84 Å². The number of nitrogens with two attached hydrogens (primary N) is 1. The first-order chi connectivity index (χ1) is 9.84. The van der Waals surface area contributed by atoms with Gasteiger partial charge in [-0.3, -0.25) is 0 Å². The average Bonchev–Trinajstić information content (AvgIpc) is 2.45. The van der Waals surface area contributed by atoms with Crippen molar-refractivity contribution >= 4 is 11.7 Å². The molecule has 1 aliphatic rings. The van der Waals surface area contributed by atoms with Crippen LogP contribution in [0.4, 0.5) is 5.82 Å². The molecule has 0 radical (unpaired) electrons. The smallest absolute Gasteiger partial charge is 0.173 e. The van der Waals surface area contributed by atoms with Gasteiger partial charge in [0.1, 0.15) is 5.82 Å². The molecule has 0 spiro atoms. The molecule has 1 aromatic rings. The summed E-state index contributed by atoms with van der Waals surface area (Å²) in [5, 5.41) is 12.1. The Morgan fingerprint density at radius 1 is 1.38 bits per heavy atom. The fraction of sp³-hybridized carbons (Fsp3) is 0.625. The summed E-state index contributed by atoms with van der Waals surface area (Å²) in [4.78, 5) is 6.80. The first kappa shape index (κ1) is 15.6. The zero-order valence-corrected chi connectivity index (χ0v) is 13.4. The van der Waals surface area contributed by atoms with Gasteiger partial charge in [-0.05, 0) is 50.2 Å². The second-order valence-electron chi connectivity index (χ2n) is 6.82. The molecule has 0 atom stereocenters. The lowest BCUT2D eigenvalue weighted by atomic mass is 9.75. The molecule has 1 fully saturated rings. The van der Waals surface area contributed by atoms with Crippen molar-refractivity contribution in [2.24, 2.45) is 16.3 Å². The van der Waals surface area contributed by atoms with Gasteiger partial charge in [-0.25, -0.2) is 4.98 Å². The zero-order chi connectivity index (χ0) is 15.6. The molecule has 3 N–H and O–H groups in total. The van der Waals surface area contributed by atoms with Crippen molar-refractivity contribution in [3.8, 4) is 0 Å². The molecular weight excluding hydrogens is 264 g/mol. The van der Waals surface area contributed by atoms with Gasteiger partial charge in [0.25, 0.3) is 0 Å². The third-order valence-electron chi connectivity index (χ3n) is 4.59. The quantitative estimate of drug-likeness (QED) is 0.388. The van der Waals surface area contributed by atoms with Crippen LogP contribution in [0.1, 0.15) is 50.8 Å². The highest BCUT2D eigenvalue weighted by molar-refractivity contribution is 6.01. The molecule has 1 aliphatic carbocycles. The van der Waals surface area contributed by atoms with Crippen molar-refractivity contribution in [1.82, 2.24) is 4.98 Å².